The van der Waals surface area contributed by atoms with Gasteiger partial charge in [0, 0.05) is 25.8 Å². The van der Waals surface area contributed by atoms with E-state index in [0.717, 1.165) is 5.56 Å². The maximum atomic E-state index is 12.5. The average molecular weight is 272 g/mol. The van der Waals surface area contributed by atoms with Gasteiger partial charge in [0.25, 0.3) is 6.43 Å². The van der Waals surface area contributed by atoms with Gasteiger partial charge < -0.3 is 15.4 Å². The fourth-order valence-corrected chi connectivity index (χ4v) is 1.51. The van der Waals surface area contributed by atoms with E-state index in [2.05, 4.69) is 10.6 Å². The van der Waals surface area contributed by atoms with Crippen LogP contribution in [0.3, 0.4) is 0 Å². The summed E-state index contributed by atoms with van der Waals surface area (Å²) in [7, 11) is 1.56. The fourth-order valence-electron chi connectivity index (χ4n) is 1.51. The number of carbonyl (C=O) groups is 1. The molecule has 0 unspecified atom stereocenters. The summed E-state index contributed by atoms with van der Waals surface area (Å²) in [6.07, 6.45) is -2.47. The number of hydrogen-bond acceptors (Lipinski definition) is 3. The van der Waals surface area contributed by atoms with Crippen LogP contribution in [0.4, 0.5) is 8.78 Å². The van der Waals surface area contributed by atoms with Crippen molar-refractivity contribution in [2.75, 3.05) is 26.8 Å². The Morgan fingerprint density at radius 3 is 2.89 bits per heavy atom. The molecule has 1 rings (SSSR count). The van der Waals surface area contributed by atoms with E-state index < -0.39 is 6.43 Å². The van der Waals surface area contributed by atoms with Gasteiger partial charge in [-0.1, -0.05) is 18.2 Å². The van der Waals surface area contributed by atoms with Crippen LogP contribution in [0.2, 0.25) is 0 Å². The molecule has 19 heavy (non-hydrogen) atoms. The minimum atomic E-state index is -2.47. The zero-order chi connectivity index (χ0) is 14.1. The van der Waals surface area contributed by atoms with Crippen molar-refractivity contribution in [3.8, 4) is 0 Å². The van der Waals surface area contributed by atoms with Gasteiger partial charge in [-0.3, -0.25) is 4.79 Å². The van der Waals surface area contributed by atoms with Gasteiger partial charge in [-0.25, -0.2) is 8.78 Å². The fraction of sp³-hybridized carbons (Fsp3) is 0.462. The zero-order valence-electron chi connectivity index (χ0n) is 10.8. The van der Waals surface area contributed by atoms with E-state index in [1.165, 1.54) is 12.1 Å². The predicted octanol–water partition coefficient (Wildman–Crippen LogP) is 1.48. The number of methoxy groups -OCH3 is 1. The molecule has 0 spiro atoms. The Morgan fingerprint density at radius 1 is 1.42 bits per heavy atom. The van der Waals surface area contributed by atoms with Crippen molar-refractivity contribution in [2.24, 2.45) is 0 Å². The quantitative estimate of drug-likeness (QED) is 0.705. The highest BCUT2D eigenvalue weighted by Crippen LogP contribution is 2.19. The molecule has 0 aromatic heterocycles. The number of rotatable bonds is 8. The van der Waals surface area contributed by atoms with Crippen molar-refractivity contribution in [3.05, 3.63) is 35.4 Å². The molecular formula is C13H18F2N2O2. The van der Waals surface area contributed by atoms with Gasteiger partial charge in [0.2, 0.25) is 5.91 Å². The lowest BCUT2D eigenvalue weighted by Gasteiger charge is -2.07. The third-order valence-electron chi connectivity index (χ3n) is 2.45. The second-order valence-corrected chi connectivity index (χ2v) is 3.99. The molecule has 0 radical (unpaired) electrons. The van der Waals surface area contributed by atoms with Crippen LogP contribution in [0.15, 0.2) is 24.3 Å². The Morgan fingerprint density at radius 2 is 2.21 bits per heavy atom. The van der Waals surface area contributed by atoms with E-state index in [9.17, 15) is 13.6 Å². The highest BCUT2D eigenvalue weighted by Gasteiger charge is 2.07. The first-order chi connectivity index (χ1) is 9.13. The molecule has 4 nitrogen and oxygen atoms in total. The summed E-state index contributed by atoms with van der Waals surface area (Å²) in [5.74, 6) is -0.151. The first-order valence-corrected chi connectivity index (χ1v) is 5.97. The lowest BCUT2D eigenvalue weighted by Crippen LogP contribution is -2.35. The summed E-state index contributed by atoms with van der Waals surface area (Å²) in [6, 6.07) is 6.13. The van der Waals surface area contributed by atoms with Crippen LogP contribution in [0.25, 0.3) is 0 Å². The van der Waals surface area contributed by atoms with Crippen LogP contribution in [0.5, 0.6) is 0 Å². The van der Waals surface area contributed by atoms with Crippen LogP contribution < -0.4 is 10.6 Å². The largest absolute Gasteiger partial charge is 0.383 e. The lowest BCUT2D eigenvalue weighted by atomic mass is 10.1. The molecule has 0 bridgehead atoms. The number of carbonyl (C=O) groups excluding carboxylic acids is 1. The molecule has 1 amide bonds. The normalized spacial score (nSPS) is 10.7. The van der Waals surface area contributed by atoms with Crippen molar-refractivity contribution < 1.29 is 18.3 Å². The molecule has 106 valence electrons. The summed E-state index contributed by atoms with van der Waals surface area (Å²) >= 11 is 0. The Bertz CT molecular complexity index is 400. The molecule has 0 fully saturated rings. The Balaban J connectivity index is 2.29. The molecule has 0 aliphatic heterocycles. The second-order valence-electron chi connectivity index (χ2n) is 3.99. The van der Waals surface area contributed by atoms with E-state index in [1.54, 1.807) is 19.2 Å². The summed E-state index contributed by atoms with van der Waals surface area (Å²) in [6.45, 7) is 1.43. The van der Waals surface area contributed by atoms with Crippen LogP contribution in [0, 0.1) is 0 Å². The van der Waals surface area contributed by atoms with Crippen LogP contribution in [-0.4, -0.2) is 32.7 Å². The van der Waals surface area contributed by atoms with Gasteiger partial charge in [0.1, 0.15) is 0 Å². The van der Waals surface area contributed by atoms with Gasteiger partial charge in [-0.05, 0) is 11.6 Å². The number of halogens is 2. The standard InChI is InChI=1S/C13H18F2N2O2/c1-19-6-5-17-12(18)9-16-8-10-3-2-4-11(7-10)13(14)15/h2-4,7,13,16H,5-6,8-9H2,1H3,(H,17,18). The van der Waals surface area contributed by atoms with Crippen molar-refractivity contribution in [3.63, 3.8) is 0 Å². The second kappa shape index (κ2) is 8.55. The number of amides is 1. The number of benzene rings is 1. The van der Waals surface area contributed by atoms with E-state index in [4.69, 9.17) is 4.74 Å². The van der Waals surface area contributed by atoms with E-state index in [1.807, 2.05) is 0 Å². The summed E-state index contributed by atoms with van der Waals surface area (Å²) in [5, 5.41) is 5.55. The molecule has 6 heteroatoms. The summed E-state index contributed by atoms with van der Waals surface area (Å²) in [5.41, 5.74) is 0.714. The smallest absolute Gasteiger partial charge is 0.263 e. The van der Waals surface area contributed by atoms with Gasteiger partial charge in [-0.15, -0.1) is 0 Å². The minimum absolute atomic E-state index is 0.0103. The molecule has 2 N–H and O–H groups in total. The average Bonchev–Trinajstić information content (AvgIpc) is 2.39. The zero-order valence-corrected chi connectivity index (χ0v) is 10.8. The van der Waals surface area contributed by atoms with Crippen LogP contribution in [0.1, 0.15) is 17.6 Å². The molecule has 0 aliphatic rings. The maximum absolute atomic E-state index is 12.5. The molecule has 0 aliphatic carbocycles. The van der Waals surface area contributed by atoms with Gasteiger partial charge >= 0.3 is 0 Å². The van der Waals surface area contributed by atoms with Gasteiger partial charge in [0.05, 0.1) is 13.2 Å². The van der Waals surface area contributed by atoms with E-state index in [0.29, 0.717) is 19.7 Å². The van der Waals surface area contributed by atoms with Crippen molar-refractivity contribution in [1.29, 1.82) is 0 Å². The maximum Gasteiger partial charge on any atom is 0.263 e. The molecule has 1 aromatic carbocycles. The highest BCUT2D eigenvalue weighted by atomic mass is 19.3. The molecular weight excluding hydrogens is 254 g/mol. The summed E-state index contributed by atoms with van der Waals surface area (Å²) in [4.78, 5) is 11.3. The van der Waals surface area contributed by atoms with Crippen molar-refractivity contribution in [2.45, 2.75) is 13.0 Å². The predicted molar refractivity (Wildman–Crippen MR) is 68.0 cm³/mol. The first-order valence-electron chi connectivity index (χ1n) is 5.97. The van der Waals surface area contributed by atoms with Gasteiger partial charge in [-0.2, -0.15) is 0 Å². The third kappa shape index (κ3) is 6.26. The monoisotopic (exact) mass is 272 g/mol. The van der Waals surface area contributed by atoms with E-state index in [-0.39, 0.29) is 18.0 Å². The lowest BCUT2D eigenvalue weighted by molar-refractivity contribution is -0.120. The van der Waals surface area contributed by atoms with Crippen LogP contribution in [-0.2, 0) is 16.1 Å². The molecule has 0 saturated carbocycles. The number of nitrogens with one attached hydrogen (secondary N) is 2. The number of alkyl halides is 2. The molecule has 0 saturated heterocycles. The minimum Gasteiger partial charge on any atom is -0.383 e. The SMILES string of the molecule is COCCNC(=O)CNCc1cccc(C(F)F)c1. The molecule has 0 heterocycles. The molecule has 1 aromatic rings. The highest BCUT2D eigenvalue weighted by molar-refractivity contribution is 5.77. The third-order valence-corrected chi connectivity index (χ3v) is 2.45. The Labute approximate surface area is 111 Å². The van der Waals surface area contributed by atoms with Gasteiger partial charge in [0.15, 0.2) is 0 Å². The van der Waals surface area contributed by atoms with Crippen LogP contribution >= 0.6 is 0 Å². The first kappa shape index (κ1) is 15.5. The van der Waals surface area contributed by atoms with Crippen molar-refractivity contribution >= 4 is 5.91 Å². The van der Waals surface area contributed by atoms with E-state index >= 15 is 0 Å². The van der Waals surface area contributed by atoms with Crippen molar-refractivity contribution in [1.82, 2.24) is 10.6 Å². The topological polar surface area (TPSA) is 50.4 Å². The Hall–Kier alpha value is -1.53. The number of hydrogen-bond donors (Lipinski definition) is 2. The molecule has 0 atom stereocenters. The Kier molecular flexibility index (Phi) is 6.99. The summed E-state index contributed by atoms with van der Waals surface area (Å²) < 4.78 is 29.7. The number of ether oxygens (including phenoxy) is 1.